The van der Waals surface area contributed by atoms with E-state index < -0.39 is 21.7 Å². The average molecular weight is 791 g/mol. The molecule has 8 heteroatoms. The molecule has 0 unspecified atom stereocenters. The molecular formula is C52H46N4O4. The summed E-state index contributed by atoms with van der Waals surface area (Å²) in [6, 6.07) is 45.3. The highest BCUT2D eigenvalue weighted by atomic mass is 16.2. The lowest BCUT2D eigenvalue weighted by Gasteiger charge is -2.28. The third-order valence-electron chi connectivity index (χ3n) is 14.5. The Hall–Kier alpha value is -6.80. The molecule has 0 radical (unpaired) electrons. The second-order valence-electron chi connectivity index (χ2n) is 18.6. The maximum atomic E-state index is 13.6. The van der Waals surface area contributed by atoms with Crippen LogP contribution in [0.5, 0.6) is 0 Å². The Morgan fingerprint density at radius 1 is 0.317 bits per heavy atom. The van der Waals surface area contributed by atoms with Gasteiger partial charge in [0.15, 0.2) is 0 Å². The minimum atomic E-state index is -0.819. The van der Waals surface area contributed by atoms with E-state index in [2.05, 4.69) is 81.9 Å². The molecule has 0 spiro atoms. The molecule has 0 atom stereocenters. The van der Waals surface area contributed by atoms with Crippen molar-refractivity contribution in [2.24, 2.45) is 21.7 Å². The van der Waals surface area contributed by atoms with Crippen LogP contribution in [0, 0.1) is 21.7 Å². The molecule has 0 saturated carbocycles. The van der Waals surface area contributed by atoms with Gasteiger partial charge >= 0.3 is 0 Å². The predicted molar refractivity (Wildman–Crippen MR) is 241 cm³/mol. The van der Waals surface area contributed by atoms with Gasteiger partial charge in [-0.2, -0.15) is 0 Å². The van der Waals surface area contributed by atoms with Gasteiger partial charge in [-0.15, -0.1) is 0 Å². The van der Waals surface area contributed by atoms with Gasteiger partial charge in [-0.3, -0.25) is 19.2 Å². The first-order valence-corrected chi connectivity index (χ1v) is 20.5. The molecule has 2 aliphatic heterocycles. The van der Waals surface area contributed by atoms with Crippen LogP contribution >= 0.6 is 0 Å². The van der Waals surface area contributed by atoms with E-state index >= 15 is 0 Å². The number of hydrogen-bond donors (Lipinski definition) is 0. The van der Waals surface area contributed by atoms with Crippen molar-refractivity contribution in [2.75, 3.05) is 9.80 Å². The summed E-state index contributed by atoms with van der Waals surface area (Å²) in [5, 5.41) is 4.02. The van der Waals surface area contributed by atoms with E-state index in [0.29, 0.717) is 11.4 Å². The minimum Gasteiger partial charge on any atom is -0.309 e. The number of nitrogens with zero attached hydrogens (tertiary/aromatic N) is 4. The second kappa shape index (κ2) is 12.4. The SMILES string of the molecule is CC1(C)C(=O)N(c2ccc3c(c2)c2ccccc2n3-c2ccc(-c3ccc(-n4c5ccccc5c5cc(N6C(=O)C(C)(C)C(C)(C)C6=O)ccc54)cc3)cc2)C(=O)C1(C)C. The predicted octanol–water partition coefficient (Wildman–Crippen LogP) is 11.4. The molecule has 4 heterocycles. The maximum Gasteiger partial charge on any atom is 0.240 e. The quantitative estimate of drug-likeness (QED) is 0.163. The normalized spacial score (nSPS) is 18.3. The molecule has 2 fully saturated rings. The average Bonchev–Trinajstić information content (AvgIpc) is 3.82. The van der Waals surface area contributed by atoms with Crippen LogP contribution in [0.15, 0.2) is 133 Å². The van der Waals surface area contributed by atoms with Crippen LogP contribution in [0.4, 0.5) is 11.4 Å². The number of hydrogen-bond acceptors (Lipinski definition) is 4. The summed E-state index contributed by atoms with van der Waals surface area (Å²) in [5.74, 6) is -0.734. The van der Waals surface area contributed by atoms with Gasteiger partial charge in [0.2, 0.25) is 23.6 Å². The van der Waals surface area contributed by atoms with Crippen LogP contribution in [0.25, 0.3) is 66.1 Å². The second-order valence-corrected chi connectivity index (χ2v) is 18.6. The van der Waals surface area contributed by atoms with Gasteiger partial charge in [0, 0.05) is 32.9 Å². The van der Waals surface area contributed by atoms with Crippen LogP contribution in [-0.4, -0.2) is 32.8 Å². The molecule has 2 saturated heterocycles. The smallest absolute Gasteiger partial charge is 0.240 e. The van der Waals surface area contributed by atoms with E-state index in [9.17, 15) is 19.2 Å². The summed E-state index contributed by atoms with van der Waals surface area (Å²) >= 11 is 0. The molecule has 298 valence electrons. The lowest BCUT2D eigenvalue weighted by Crippen LogP contribution is -2.35. The summed E-state index contributed by atoms with van der Waals surface area (Å²) in [5.41, 5.74) is 6.08. The highest BCUT2D eigenvalue weighted by Crippen LogP contribution is 2.51. The van der Waals surface area contributed by atoms with E-state index in [0.717, 1.165) is 66.1 Å². The molecule has 0 N–H and O–H groups in total. The van der Waals surface area contributed by atoms with Gasteiger partial charge < -0.3 is 9.13 Å². The van der Waals surface area contributed by atoms with E-state index in [-0.39, 0.29) is 23.6 Å². The molecule has 8 nitrogen and oxygen atoms in total. The van der Waals surface area contributed by atoms with Crippen molar-refractivity contribution in [1.29, 1.82) is 0 Å². The van der Waals surface area contributed by atoms with Crippen molar-refractivity contribution < 1.29 is 19.2 Å². The molecular weight excluding hydrogens is 745 g/mol. The first kappa shape index (κ1) is 37.5. The number of amides is 4. The Bertz CT molecular complexity index is 2910. The summed E-state index contributed by atoms with van der Waals surface area (Å²) in [7, 11) is 0. The van der Waals surface area contributed by atoms with E-state index in [4.69, 9.17) is 0 Å². The van der Waals surface area contributed by atoms with Crippen molar-refractivity contribution in [1.82, 2.24) is 9.13 Å². The Balaban J connectivity index is 0.986. The first-order chi connectivity index (χ1) is 28.5. The molecule has 0 bridgehead atoms. The van der Waals surface area contributed by atoms with Gasteiger partial charge in [-0.1, -0.05) is 60.7 Å². The van der Waals surface area contributed by atoms with E-state index in [1.54, 1.807) is 0 Å². The highest BCUT2D eigenvalue weighted by Gasteiger charge is 2.60. The fraction of sp³-hybridized carbons (Fsp3) is 0.231. The Morgan fingerprint density at radius 2 is 0.600 bits per heavy atom. The van der Waals surface area contributed by atoms with Crippen molar-refractivity contribution >= 4 is 78.6 Å². The van der Waals surface area contributed by atoms with Crippen LogP contribution < -0.4 is 9.80 Å². The van der Waals surface area contributed by atoms with Gasteiger partial charge in [-0.25, -0.2) is 9.80 Å². The molecule has 2 aliphatic rings. The lowest BCUT2D eigenvalue weighted by molar-refractivity contribution is -0.129. The van der Waals surface area contributed by atoms with Crippen molar-refractivity contribution in [3.05, 3.63) is 133 Å². The molecule has 6 aromatic carbocycles. The molecule has 10 rings (SSSR count). The zero-order chi connectivity index (χ0) is 42.3. The van der Waals surface area contributed by atoms with Crippen LogP contribution in [0.2, 0.25) is 0 Å². The third kappa shape index (κ3) is 4.84. The van der Waals surface area contributed by atoms with Crippen LogP contribution in [0.1, 0.15) is 55.4 Å². The fourth-order valence-corrected chi connectivity index (χ4v) is 9.20. The van der Waals surface area contributed by atoms with Crippen molar-refractivity contribution in [2.45, 2.75) is 55.4 Å². The number of aromatic nitrogens is 2. The summed E-state index contributed by atoms with van der Waals surface area (Å²) in [6.45, 7) is 14.8. The molecule has 0 aliphatic carbocycles. The number of anilines is 2. The summed E-state index contributed by atoms with van der Waals surface area (Å²) < 4.78 is 4.46. The number of para-hydroxylation sites is 2. The number of carbonyl (C=O) groups is 4. The standard InChI is InChI=1S/C52H46N4O4/c1-49(2)45(57)55(46(58)50(49,3)4)35-25-27-43-39(29-35)37-13-9-11-15-41(37)53(43)33-21-17-31(18-22-33)32-19-23-34(24-20-32)54-42-16-12-10-14-38(42)40-30-36(26-28-44(40)54)56-47(59)51(5,6)52(7,8)48(56)60/h9-30H,1-8H3. The van der Waals surface area contributed by atoms with E-state index in [1.165, 1.54) is 9.80 Å². The topological polar surface area (TPSA) is 84.6 Å². The third-order valence-corrected chi connectivity index (χ3v) is 14.5. The number of rotatable bonds is 5. The highest BCUT2D eigenvalue weighted by molar-refractivity contribution is 6.27. The number of carbonyl (C=O) groups excluding carboxylic acids is 4. The number of imide groups is 2. The molecule has 8 aromatic rings. The van der Waals surface area contributed by atoms with Crippen LogP contribution in [-0.2, 0) is 19.2 Å². The first-order valence-electron chi connectivity index (χ1n) is 20.5. The van der Waals surface area contributed by atoms with Crippen molar-refractivity contribution in [3.8, 4) is 22.5 Å². The lowest BCUT2D eigenvalue weighted by atomic mass is 9.70. The molecule has 2 aromatic heterocycles. The largest absolute Gasteiger partial charge is 0.309 e. The minimum absolute atomic E-state index is 0.184. The zero-order valence-electron chi connectivity index (χ0n) is 35.1. The molecule has 4 amide bonds. The van der Waals surface area contributed by atoms with Crippen LogP contribution in [0.3, 0.4) is 0 Å². The number of fused-ring (bicyclic) bond motifs is 6. The zero-order valence-corrected chi connectivity index (χ0v) is 35.1. The van der Waals surface area contributed by atoms with Gasteiger partial charge in [0.1, 0.15) is 0 Å². The number of benzene rings is 6. The Morgan fingerprint density at radius 3 is 0.933 bits per heavy atom. The van der Waals surface area contributed by atoms with Gasteiger partial charge in [0.05, 0.1) is 55.1 Å². The monoisotopic (exact) mass is 790 g/mol. The molecule has 60 heavy (non-hydrogen) atoms. The van der Waals surface area contributed by atoms with Gasteiger partial charge in [-0.05, 0) is 139 Å². The summed E-state index contributed by atoms with van der Waals surface area (Å²) in [6.07, 6.45) is 0. The Labute approximate surface area is 348 Å². The maximum absolute atomic E-state index is 13.6. The van der Waals surface area contributed by atoms with Gasteiger partial charge in [0.25, 0.3) is 0 Å². The Kier molecular flexibility index (Phi) is 7.72. The fourth-order valence-electron chi connectivity index (χ4n) is 9.20. The van der Waals surface area contributed by atoms with E-state index in [1.807, 2.05) is 116 Å². The van der Waals surface area contributed by atoms with Crippen molar-refractivity contribution in [3.63, 3.8) is 0 Å². The summed E-state index contributed by atoms with van der Waals surface area (Å²) in [4.78, 5) is 57.1.